The third-order valence-corrected chi connectivity index (χ3v) is 10.7. The number of hydrogen-bond acceptors (Lipinski definition) is 7. The minimum atomic E-state index is -0.941. The van der Waals surface area contributed by atoms with Gasteiger partial charge in [0.25, 0.3) is 0 Å². The van der Waals surface area contributed by atoms with Gasteiger partial charge in [-0.2, -0.15) is 0 Å². The third kappa shape index (κ3) is 38.7. The van der Waals surface area contributed by atoms with Gasteiger partial charge in [0.15, 0.2) is 6.10 Å². The Labute approximate surface area is 339 Å². The molecule has 0 aliphatic heterocycles. The SMILES string of the molecule is CCCCC/C=C\C/C=C\C/C=C\CC(O)C(O)CCCC(=O)O[C@@H](CO)COC(=O)CCCCCCCCCCCCCCCCCCCCC(C)CC. The summed E-state index contributed by atoms with van der Waals surface area (Å²) in [5.74, 6) is 0.0368. The number of carbonyl (C=O) groups excluding carboxylic acids is 2. The predicted molar refractivity (Wildman–Crippen MR) is 231 cm³/mol. The zero-order chi connectivity index (χ0) is 40.5. The van der Waals surface area contributed by atoms with Crippen molar-refractivity contribution in [2.24, 2.45) is 5.92 Å². The van der Waals surface area contributed by atoms with E-state index in [-0.39, 0.29) is 25.4 Å². The predicted octanol–water partition coefficient (Wildman–Crippen LogP) is 12.6. The summed E-state index contributed by atoms with van der Waals surface area (Å²) < 4.78 is 10.5. The Morgan fingerprint density at radius 2 is 1.04 bits per heavy atom. The highest BCUT2D eigenvalue weighted by Gasteiger charge is 2.18. The third-order valence-electron chi connectivity index (χ3n) is 10.7. The molecule has 0 amide bonds. The molecule has 4 atom stereocenters. The van der Waals surface area contributed by atoms with Gasteiger partial charge >= 0.3 is 11.9 Å². The Balaban J connectivity index is 3.69. The first-order valence-corrected chi connectivity index (χ1v) is 23.1. The summed E-state index contributed by atoms with van der Waals surface area (Å²) in [5.41, 5.74) is 0. The second-order valence-electron chi connectivity index (χ2n) is 16.0. The average molecular weight is 777 g/mol. The van der Waals surface area contributed by atoms with Gasteiger partial charge in [-0.15, -0.1) is 0 Å². The lowest BCUT2D eigenvalue weighted by Gasteiger charge is -2.17. The minimum Gasteiger partial charge on any atom is -0.462 e. The molecule has 322 valence electrons. The van der Waals surface area contributed by atoms with Crippen molar-refractivity contribution >= 4 is 11.9 Å². The molecule has 0 aliphatic carbocycles. The van der Waals surface area contributed by atoms with E-state index in [0.29, 0.717) is 19.3 Å². The van der Waals surface area contributed by atoms with E-state index in [1.54, 1.807) is 0 Å². The van der Waals surface area contributed by atoms with Crippen LogP contribution in [0.5, 0.6) is 0 Å². The first-order chi connectivity index (χ1) is 26.8. The van der Waals surface area contributed by atoms with Crippen LogP contribution in [0.3, 0.4) is 0 Å². The van der Waals surface area contributed by atoms with Crippen LogP contribution in [0.4, 0.5) is 0 Å². The van der Waals surface area contributed by atoms with Crippen LogP contribution in [0.1, 0.15) is 220 Å². The lowest BCUT2D eigenvalue weighted by Crippen LogP contribution is -2.29. The van der Waals surface area contributed by atoms with Crippen LogP contribution in [0.2, 0.25) is 0 Å². The Morgan fingerprint density at radius 3 is 1.56 bits per heavy atom. The highest BCUT2D eigenvalue weighted by atomic mass is 16.6. The molecule has 0 heterocycles. The maximum absolute atomic E-state index is 12.2. The molecule has 0 aromatic carbocycles. The Morgan fingerprint density at radius 1 is 0.545 bits per heavy atom. The number of allylic oxidation sites excluding steroid dienone is 5. The van der Waals surface area contributed by atoms with Crippen molar-refractivity contribution in [3.8, 4) is 0 Å². The van der Waals surface area contributed by atoms with E-state index in [2.05, 4.69) is 45.1 Å². The lowest BCUT2D eigenvalue weighted by atomic mass is 9.99. The van der Waals surface area contributed by atoms with Crippen LogP contribution in [-0.2, 0) is 19.1 Å². The molecule has 0 radical (unpaired) electrons. The average Bonchev–Trinajstić information content (AvgIpc) is 3.18. The monoisotopic (exact) mass is 777 g/mol. The van der Waals surface area contributed by atoms with Gasteiger partial charge in [0.2, 0.25) is 0 Å². The molecule has 7 nitrogen and oxygen atoms in total. The van der Waals surface area contributed by atoms with Crippen molar-refractivity contribution in [2.45, 2.75) is 238 Å². The molecule has 0 aliphatic rings. The number of esters is 2. The number of rotatable bonds is 41. The zero-order valence-corrected chi connectivity index (χ0v) is 36.1. The van der Waals surface area contributed by atoms with Crippen molar-refractivity contribution in [3.63, 3.8) is 0 Å². The largest absolute Gasteiger partial charge is 0.462 e. The van der Waals surface area contributed by atoms with Crippen molar-refractivity contribution in [1.82, 2.24) is 0 Å². The van der Waals surface area contributed by atoms with Gasteiger partial charge < -0.3 is 24.8 Å². The van der Waals surface area contributed by atoms with E-state index in [1.165, 1.54) is 128 Å². The lowest BCUT2D eigenvalue weighted by molar-refractivity contribution is -0.161. The van der Waals surface area contributed by atoms with Gasteiger partial charge in [0, 0.05) is 12.8 Å². The van der Waals surface area contributed by atoms with Gasteiger partial charge in [-0.25, -0.2) is 0 Å². The molecular weight excluding hydrogens is 689 g/mol. The van der Waals surface area contributed by atoms with Crippen LogP contribution in [0.15, 0.2) is 36.5 Å². The van der Waals surface area contributed by atoms with Crippen molar-refractivity contribution in [1.29, 1.82) is 0 Å². The molecule has 0 saturated carbocycles. The van der Waals surface area contributed by atoms with Crippen molar-refractivity contribution < 1.29 is 34.4 Å². The van der Waals surface area contributed by atoms with Gasteiger partial charge in [-0.1, -0.05) is 192 Å². The second kappa shape index (κ2) is 41.7. The molecule has 0 spiro atoms. The topological polar surface area (TPSA) is 113 Å². The number of carbonyl (C=O) groups is 2. The molecule has 0 saturated heterocycles. The number of aliphatic hydroxyl groups excluding tert-OH is 3. The summed E-state index contributed by atoms with van der Waals surface area (Å²) in [4.78, 5) is 24.4. The van der Waals surface area contributed by atoms with E-state index < -0.39 is 30.9 Å². The van der Waals surface area contributed by atoms with Gasteiger partial charge in [0.05, 0.1) is 18.8 Å². The highest BCUT2D eigenvalue weighted by Crippen LogP contribution is 2.17. The Bertz CT molecular complexity index is 929. The Hall–Kier alpha value is -1.96. The molecular formula is C48H88O7. The molecule has 0 fully saturated rings. The molecule has 7 heteroatoms. The number of hydrogen-bond donors (Lipinski definition) is 3. The standard InChI is InChI=1S/C48H88O7/c1-4-6-7-8-9-10-11-21-24-27-30-33-37-45(50)46(51)38-35-40-48(53)55-44(41-49)42-54-47(52)39-34-31-28-25-22-19-17-15-13-12-14-16-18-20-23-26-29-32-36-43(3)5-2/h9-10,21,24,30,33,43-46,49-51H,4-8,11-20,22-23,25-29,31-32,34-42H2,1-3H3/b10-9-,24-21-,33-30-/t43?,44-,45?,46?/m0/s1. The minimum absolute atomic E-state index is 0.0426. The van der Waals surface area contributed by atoms with Crippen LogP contribution in [-0.4, -0.2) is 58.8 Å². The van der Waals surface area contributed by atoms with E-state index in [4.69, 9.17) is 9.47 Å². The first-order valence-electron chi connectivity index (χ1n) is 23.1. The van der Waals surface area contributed by atoms with E-state index in [0.717, 1.165) is 44.4 Å². The number of unbranched alkanes of at least 4 members (excludes halogenated alkanes) is 20. The second-order valence-corrected chi connectivity index (χ2v) is 16.0. The van der Waals surface area contributed by atoms with Gasteiger partial charge in [0.1, 0.15) is 6.61 Å². The fourth-order valence-corrected chi connectivity index (χ4v) is 6.63. The van der Waals surface area contributed by atoms with Crippen LogP contribution in [0, 0.1) is 5.92 Å². The molecule has 0 bridgehead atoms. The quantitative estimate of drug-likeness (QED) is 0.0322. The van der Waals surface area contributed by atoms with E-state index in [9.17, 15) is 24.9 Å². The fourth-order valence-electron chi connectivity index (χ4n) is 6.63. The molecule has 55 heavy (non-hydrogen) atoms. The van der Waals surface area contributed by atoms with E-state index in [1.807, 2.05) is 12.2 Å². The van der Waals surface area contributed by atoms with Crippen LogP contribution < -0.4 is 0 Å². The summed E-state index contributed by atoms with van der Waals surface area (Å²) in [6.07, 6.45) is 43.8. The summed E-state index contributed by atoms with van der Waals surface area (Å²) in [7, 11) is 0. The first kappa shape index (κ1) is 53.0. The molecule has 0 aromatic rings. The van der Waals surface area contributed by atoms with E-state index >= 15 is 0 Å². The number of ether oxygens (including phenoxy) is 2. The zero-order valence-electron chi connectivity index (χ0n) is 36.1. The highest BCUT2D eigenvalue weighted by molar-refractivity contribution is 5.70. The smallest absolute Gasteiger partial charge is 0.306 e. The van der Waals surface area contributed by atoms with Crippen LogP contribution in [0.25, 0.3) is 0 Å². The van der Waals surface area contributed by atoms with Crippen LogP contribution >= 0.6 is 0 Å². The van der Waals surface area contributed by atoms with Crippen molar-refractivity contribution in [3.05, 3.63) is 36.5 Å². The molecule has 0 rings (SSSR count). The molecule has 3 unspecified atom stereocenters. The fraction of sp³-hybridized carbons (Fsp3) is 0.833. The van der Waals surface area contributed by atoms with Gasteiger partial charge in [-0.05, 0) is 57.3 Å². The number of aliphatic hydroxyl groups is 3. The molecule has 0 aromatic heterocycles. The molecule has 3 N–H and O–H groups in total. The summed E-state index contributed by atoms with van der Waals surface area (Å²) in [5, 5.41) is 30.1. The van der Waals surface area contributed by atoms with Crippen molar-refractivity contribution in [2.75, 3.05) is 13.2 Å². The normalized spacial score (nSPS) is 14.2. The maximum Gasteiger partial charge on any atom is 0.306 e. The maximum atomic E-state index is 12.2. The van der Waals surface area contributed by atoms with Gasteiger partial charge in [-0.3, -0.25) is 9.59 Å². The summed E-state index contributed by atoms with van der Waals surface area (Å²) in [6.45, 7) is 6.28. The summed E-state index contributed by atoms with van der Waals surface area (Å²) in [6, 6.07) is 0. The Kier molecular flexibility index (Phi) is 40.2. The summed E-state index contributed by atoms with van der Waals surface area (Å²) >= 11 is 0.